The second-order valence-electron chi connectivity index (χ2n) is 10.5. The topological polar surface area (TPSA) is 0 Å². The molecule has 0 aliphatic carbocycles. The van der Waals surface area contributed by atoms with Gasteiger partial charge in [-0.2, -0.15) is 0 Å². The van der Waals surface area contributed by atoms with Crippen molar-refractivity contribution in [2.75, 3.05) is 0 Å². The highest BCUT2D eigenvalue weighted by molar-refractivity contribution is 7.22. The summed E-state index contributed by atoms with van der Waals surface area (Å²) in [5.41, 5.74) is 1.30. The monoisotopic (exact) mass is 520 g/mol. The molecule has 0 radical (unpaired) electrons. The van der Waals surface area contributed by atoms with E-state index in [1.54, 1.807) is 4.88 Å². The second-order valence-corrected chi connectivity index (χ2v) is 12.7. The van der Waals surface area contributed by atoms with Crippen molar-refractivity contribution in [3.8, 4) is 10.4 Å². The maximum absolute atomic E-state index is 2.48. The fourth-order valence-corrected chi connectivity index (χ4v) is 8.00. The Hall–Kier alpha value is -2.68. The highest BCUT2D eigenvalue weighted by Gasteiger charge is 2.12. The molecule has 0 saturated heterocycles. The van der Waals surface area contributed by atoms with Crippen LogP contribution in [0.4, 0.5) is 0 Å². The Morgan fingerprint density at radius 1 is 0.486 bits per heavy atom. The van der Waals surface area contributed by atoms with E-state index in [1.165, 1.54) is 116 Å². The van der Waals surface area contributed by atoms with Gasteiger partial charge < -0.3 is 0 Å². The van der Waals surface area contributed by atoms with Gasteiger partial charge in [-0.1, -0.05) is 113 Å². The van der Waals surface area contributed by atoms with Gasteiger partial charge in [0.25, 0.3) is 0 Å². The van der Waals surface area contributed by atoms with Crippen LogP contribution in [0.25, 0.3) is 52.2 Å². The first kappa shape index (κ1) is 24.6. The molecule has 2 heterocycles. The van der Waals surface area contributed by atoms with E-state index in [9.17, 15) is 0 Å². The molecule has 0 spiro atoms. The van der Waals surface area contributed by atoms with Gasteiger partial charge in [0.15, 0.2) is 0 Å². The van der Waals surface area contributed by atoms with Crippen LogP contribution in [0.1, 0.15) is 69.6 Å². The third kappa shape index (κ3) is 5.19. The Labute approximate surface area is 229 Å². The molecule has 0 nitrogen and oxygen atoms in total. The minimum atomic E-state index is 1.22. The number of rotatable bonds is 11. The molecule has 0 unspecified atom stereocenters. The summed E-state index contributed by atoms with van der Waals surface area (Å²) >= 11 is 3.89. The third-order valence-corrected chi connectivity index (χ3v) is 10.1. The van der Waals surface area contributed by atoms with Crippen LogP contribution in [0.2, 0.25) is 0 Å². The molecular weight excluding hydrogens is 485 g/mol. The summed E-state index contributed by atoms with van der Waals surface area (Å²) in [4.78, 5) is 2.89. The van der Waals surface area contributed by atoms with Crippen LogP contribution in [0, 0.1) is 0 Å². The van der Waals surface area contributed by atoms with Crippen LogP contribution in [0.3, 0.4) is 0 Å². The van der Waals surface area contributed by atoms with Crippen LogP contribution in [0.5, 0.6) is 0 Å². The van der Waals surface area contributed by atoms with Crippen LogP contribution in [-0.4, -0.2) is 0 Å². The van der Waals surface area contributed by atoms with Crippen molar-refractivity contribution in [1.29, 1.82) is 0 Å². The molecule has 4 aromatic carbocycles. The summed E-state index contributed by atoms with van der Waals surface area (Å²) < 4.78 is 2.80. The molecule has 0 amide bonds. The maximum Gasteiger partial charge on any atom is 0.0355 e. The molecule has 0 saturated carbocycles. The van der Waals surface area contributed by atoms with Crippen molar-refractivity contribution in [2.45, 2.75) is 71.1 Å². The van der Waals surface area contributed by atoms with Gasteiger partial charge >= 0.3 is 0 Å². The van der Waals surface area contributed by atoms with E-state index in [0.717, 1.165) is 0 Å². The van der Waals surface area contributed by atoms with Gasteiger partial charge in [-0.25, -0.2) is 0 Å². The summed E-state index contributed by atoms with van der Waals surface area (Å²) in [6.07, 6.45) is 13.8. The molecule has 0 aliphatic rings. The first-order valence-corrected chi connectivity index (χ1v) is 15.8. The van der Waals surface area contributed by atoms with E-state index in [-0.39, 0.29) is 0 Å². The van der Waals surface area contributed by atoms with Gasteiger partial charge in [0.1, 0.15) is 0 Å². The van der Waals surface area contributed by atoms with Crippen LogP contribution >= 0.6 is 22.7 Å². The van der Waals surface area contributed by atoms with E-state index in [4.69, 9.17) is 0 Å². The van der Waals surface area contributed by atoms with Crippen molar-refractivity contribution in [2.24, 2.45) is 0 Å². The maximum atomic E-state index is 2.48. The normalized spacial score (nSPS) is 11.9. The Morgan fingerprint density at radius 2 is 1.03 bits per heavy atom. The predicted octanol–water partition coefficient (Wildman–Crippen LogP) is 12.2. The van der Waals surface area contributed by atoms with Crippen molar-refractivity contribution in [3.63, 3.8) is 0 Å². The fourth-order valence-electron chi connectivity index (χ4n) is 5.79. The summed E-state index contributed by atoms with van der Waals surface area (Å²) in [7, 11) is 0. The van der Waals surface area contributed by atoms with E-state index < -0.39 is 0 Å². The number of benzene rings is 4. The average Bonchev–Trinajstić information content (AvgIpc) is 3.57. The highest BCUT2D eigenvalue weighted by Crippen LogP contribution is 2.41. The molecule has 37 heavy (non-hydrogen) atoms. The average molecular weight is 521 g/mol. The van der Waals surface area contributed by atoms with Gasteiger partial charge in [-0.3, -0.25) is 0 Å². The number of hydrogen-bond donors (Lipinski definition) is 0. The van der Waals surface area contributed by atoms with Crippen LogP contribution in [0.15, 0.2) is 78.9 Å². The third-order valence-electron chi connectivity index (χ3n) is 7.83. The molecule has 2 heteroatoms. The zero-order valence-electron chi connectivity index (χ0n) is 21.9. The summed E-state index contributed by atoms with van der Waals surface area (Å²) in [6.45, 7) is 2.29. The molecule has 0 bridgehead atoms. The first-order valence-electron chi connectivity index (χ1n) is 14.2. The van der Waals surface area contributed by atoms with Crippen LogP contribution < -0.4 is 0 Å². The van der Waals surface area contributed by atoms with E-state index >= 15 is 0 Å². The summed E-state index contributed by atoms with van der Waals surface area (Å²) in [5, 5.41) is 8.33. The lowest BCUT2D eigenvalue weighted by molar-refractivity contribution is 0.565. The number of unbranched alkanes of at least 4 members (excludes halogenated alkanes) is 8. The lowest BCUT2D eigenvalue weighted by Crippen LogP contribution is -1.83. The molecule has 0 N–H and O–H groups in total. The molecular formula is C35H36S2. The quantitative estimate of drug-likeness (QED) is 0.118. The minimum Gasteiger partial charge on any atom is -0.140 e. The Balaban J connectivity index is 1.22. The van der Waals surface area contributed by atoms with E-state index in [1.807, 2.05) is 22.7 Å². The number of hydrogen-bond acceptors (Lipinski definition) is 2. The lowest BCUT2D eigenvalue weighted by atomic mass is 9.97. The van der Waals surface area contributed by atoms with Crippen LogP contribution in [-0.2, 0) is 6.42 Å². The fraction of sp³-hybridized carbons (Fsp3) is 0.314. The van der Waals surface area contributed by atoms with Crippen molar-refractivity contribution in [1.82, 2.24) is 0 Å². The number of aryl methyl sites for hydroxylation is 1. The van der Waals surface area contributed by atoms with Gasteiger partial charge in [-0.05, 0) is 64.2 Å². The van der Waals surface area contributed by atoms with Crippen molar-refractivity contribution in [3.05, 3.63) is 83.7 Å². The standard InChI is InChI=1S/C35H36S2/c1-2-3-4-5-6-7-8-9-13-16-26-23-31-29-17-18-30-28(27(29)19-21-33(31)36-26)20-22-34-32(30)24-35(37-34)25-14-11-10-12-15-25/h10-12,14-15,17-24H,2-9,13,16H2,1H3. The minimum absolute atomic E-state index is 1.22. The van der Waals surface area contributed by atoms with Crippen molar-refractivity contribution < 1.29 is 0 Å². The summed E-state index contributed by atoms with van der Waals surface area (Å²) in [6, 6.07) is 29.7. The number of fused-ring (bicyclic) bond motifs is 7. The van der Waals surface area contributed by atoms with Gasteiger partial charge in [0, 0.05) is 29.9 Å². The predicted molar refractivity (Wildman–Crippen MR) is 169 cm³/mol. The van der Waals surface area contributed by atoms with Gasteiger partial charge in [-0.15, -0.1) is 22.7 Å². The highest BCUT2D eigenvalue weighted by atomic mass is 32.1. The molecule has 6 rings (SSSR count). The SMILES string of the molecule is CCCCCCCCCCCc1cc2c(ccc3c2ccc2c4cc(-c5ccccc5)sc4ccc23)s1. The number of thiophene rings is 2. The molecule has 0 atom stereocenters. The zero-order valence-corrected chi connectivity index (χ0v) is 23.5. The molecule has 0 fully saturated rings. The zero-order chi connectivity index (χ0) is 25.0. The molecule has 6 aromatic rings. The lowest BCUT2D eigenvalue weighted by Gasteiger charge is -2.06. The Bertz CT molecular complexity index is 1630. The largest absolute Gasteiger partial charge is 0.140 e. The van der Waals surface area contributed by atoms with E-state index in [2.05, 4.69) is 85.8 Å². The molecule has 188 valence electrons. The second kappa shape index (κ2) is 11.4. The first-order chi connectivity index (χ1) is 18.3. The van der Waals surface area contributed by atoms with E-state index in [0.29, 0.717) is 0 Å². The van der Waals surface area contributed by atoms with Gasteiger partial charge in [0.05, 0.1) is 0 Å². The smallest absolute Gasteiger partial charge is 0.0355 e. The van der Waals surface area contributed by atoms with Gasteiger partial charge in [0.2, 0.25) is 0 Å². The molecule has 2 aromatic heterocycles. The van der Waals surface area contributed by atoms with Crippen molar-refractivity contribution >= 4 is 64.4 Å². The Morgan fingerprint density at radius 3 is 1.70 bits per heavy atom. The molecule has 0 aliphatic heterocycles. The Kier molecular flexibility index (Phi) is 7.58. The summed E-state index contributed by atoms with van der Waals surface area (Å²) in [5.74, 6) is 0.